The normalized spacial score (nSPS) is 10.2. The van der Waals surface area contributed by atoms with Crippen LogP contribution in [0.15, 0.2) is 24.3 Å². The number of nitrogens with one attached hydrogen (secondary N) is 1. The molecule has 0 spiro atoms. The zero-order valence-electron chi connectivity index (χ0n) is 13.5. The maximum absolute atomic E-state index is 12.0. The Morgan fingerprint density at radius 3 is 2.33 bits per heavy atom. The molecule has 0 unspecified atom stereocenters. The Labute approximate surface area is 128 Å². The number of hydrogen-bond donors (Lipinski definition) is 1. The van der Waals surface area contributed by atoms with Crippen LogP contribution in [-0.2, 0) is 0 Å². The first-order valence-electron chi connectivity index (χ1n) is 7.89. The zero-order valence-corrected chi connectivity index (χ0v) is 13.5. The summed E-state index contributed by atoms with van der Waals surface area (Å²) >= 11 is 0. The molecular weight excluding hydrogens is 264 g/mol. The van der Waals surface area contributed by atoms with Gasteiger partial charge in [0.15, 0.2) is 0 Å². The third kappa shape index (κ3) is 7.02. The van der Waals surface area contributed by atoms with Gasteiger partial charge in [0.2, 0.25) is 0 Å². The molecule has 0 bridgehead atoms. The minimum Gasteiger partial charge on any atom is -0.494 e. The molecule has 0 heterocycles. The van der Waals surface area contributed by atoms with Crippen molar-refractivity contribution < 1.29 is 9.53 Å². The Kier molecular flexibility index (Phi) is 8.32. The SMILES string of the molecule is CCCN(CCC)C(=O)NCCCOc1ccc(C)cc1. The van der Waals surface area contributed by atoms with Gasteiger partial charge in [0.25, 0.3) is 0 Å². The summed E-state index contributed by atoms with van der Waals surface area (Å²) in [6, 6.07) is 8.04. The maximum Gasteiger partial charge on any atom is 0.317 e. The predicted octanol–water partition coefficient (Wildman–Crippen LogP) is 3.60. The van der Waals surface area contributed by atoms with Gasteiger partial charge in [0.1, 0.15) is 5.75 Å². The quantitative estimate of drug-likeness (QED) is 0.707. The van der Waals surface area contributed by atoms with Crippen LogP contribution < -0.4 is 10.1 Å². The van der Waals surface area contributed by atoms with Crippen molar-refractivity contribution in [3.05, 3.63) is 29.8 Å². The number of benzene rings is 1. The van der Waals surface area contributed by atoms with Crippen molar-refractivity contribution in [2.24, 2.45) is 0 Å². The fourth-order valence-electron chi connectivity index (χ4n) is 2.06. The van der Waals surface area contributed by atoms with Gasteiger partial charge in [0, 0.05) is 19.6 Å². The van der Waals surface area contributed by atoms with E-state index < -0.39 is 0 Å². The average Bonchev–Trinajstić information content (AvgIpc) is 2.48. The first-order valence-corrected chi connectivity index (χ1v) is 7.89. The number of rotatable bonds is 9. The molecule has 0 radical (unpaired) electrons. The van der Waals surface area contributed by atoms with E-state index in [1.807, 2.05) is 29.2 Å². The first kappa shape index (κ1) is 17.3. The fourth-order valence-corrected chi connectivity index (χ4v) is 2.06. The van der Waals surface area contributed by atoms with Gasteiger partial charge in [-0.1, -0.05) is 31.5 Å². The van der Waals surface area contributed by atoms with Crippen molar-refractivity contribution in [3.8, 4) is 5.75 Å². The van der Waals surface area contributed by atoms with Gasteiger partial charge in [-0.3, -0.25) is 0 Å². The molecule has 1 rings (SSSR count). The lowest BCUT2D eigenvalue weighted by Gasteiger charge is -2.21. The van der Waals surface area contributed by atoms with Gasteiger partial charge in [-0.25, -0.2) is 4.79 Å². The van der Waals surface area contributed by atoms with Gasteiger partial charge in [-0.2, -0.15) is 0 Å². The molecule has 0 aliphatic heterocycles. The van der Waals surface area contributed by atoms with Crippen molar-refractivity contribution in [3.63, 3.8) is 0 Å². The molecule has 0 aliphatic carbocycles. The lowest BCUT2D eigenvalue weighted by Crippen LogP contribution is -2.41. The van der Waals surface area contributed by atoms with Crippen LogP contribution in [0.5, 0.6) is 5.75 Å². The smallest absolute Gasteiger partial charge is 0.317 e. The van der Waals surface area contributed by atoms with Crippen LogP contribution in [0.25, 0.3) is 0 Å². The molecule has 118 valence electrons. The molecule has 0 aromatic heterocycles. The highest BCUT2D eigenvalue weighted by Gasteiger charge is 2.10. The molecule has 4 nitrogen and oxygen atoms in total. The number of urea groups is 1. The number of nitrogens with zero attached hydrogens (tertiary/aromatic N) is 1. The Morgan fingerprint density at radius 2 is 1.76 bits per heavy atom. The molecule has 1 aromatic rings. The summed E-state index contributed by atoms with van der Waals surface area (Å²) in [5.74, 6) is 0.880. The van der Waals surface area contributed by atoms with E-state index in [1.165, 1.54) is 5.56 Å². The number of ether oxygens (including phenoxy) is 1. The van der Waals surface area contributed by atoms with Gasteiger partial charge in [-0.05, 0) is 38.3 Å². The summed E-state index contributed by atoms with van der Waals surface area (Å²) in [4.78, 5) is 13.8. The maximum atomic E-state index is 12.0. The van der Waals surface area contributed by atoms with Crippen LogP contribution in [0.3, 0.4) is 0 Å². The second-order valence-corrected chi connectivity index (χ2v) is 5.23. The topological polar surface area (TPSA) is 41.6 Å². The van der Waals surface area contributed by atoms with E-state index in [1.54, 1.807) is 0 Å². The van der Waals surface area contributed by atoms with Gasteiger partial charge in [0.05, 0.1) is 6.61 Å². The van der Waals surface area contributed by atoms with Crippen LogP contribution >= 0.6 is 0 Å². The summed E-state index contributed by atoms with van der Waals surface area (Å²) in [5, 5.41) is 2.95. The number of hydrogen-bond acceptors (Lipinski definition) is 2. The van der Waals surface area contributed by atoms with Crippen molar-refractivity contribution in [1.29, 1.82) is 0 Å². The van der Waals surface area contributed by atoms with Gasteiger partial charge in [-0.15, -0.1) is 0 Å². The Morgan fingerprint density at radius 1 is 1.14 bits per heavy atom. The summed E-state index contributed by atoms with van der Waals surface area (Å²) < 4.78 is 5.63. The minimum absolute atomic E-state index is 0.0361. The molecule has 2 amide bonds. The molecule has 1 aromatic carbocycles. The molecule has 1 N–H and O–H groups in total. The summed E-state index contributed by atoms with van der Waals surface area (Å²) in [7, 11) is 0. The molecule has 0 saturated carbocycles. The molecule has 21 heavy (non-hydrogen) atoms. The highest BCUT2D eigenvalue weighted by atomic mass is 16.5. The lowest BCUT2D eigenvalue weighted by molar-refractivity contribution is 0.196. The molecule has 4 heteroatoms. The zero-order chi connectivity index (χ0) is 15.5. The minimum atomic E-state index is 0.0361. The standard InChI is InChI=1S/C17H28N2O2/c1-4-12-19(13-5-2)17(20)18-11-6-14-21-16-9-7-15(3)8-10-16/h7-10H,4-6,11-14H2,1-3H3,(H,18,20). The molecule has 0 fully saturated rings. The van der Waals surface area contributed by atoms with Crippen molar-refractivity contribution >= 4 is 6.03 Å². The number of amides is 2. The van der Waals surface area contributed by atoms with Gasteiger partial charge < -0.3 is 15.0 Å². The van der Waals surface area contributed by atoms with E-state index in [2.05, 4.69) is 26.1 Å². The monoisotopic (exact) mass is 292 g/mol. The molecule has 0 atom stereocenters. The van der Waals surface area contributed by atoms with E-state index in [-0.39, 0.29) is 6.03 Å². The van der Waals surface area contributed by atoms with Crippen molar-refractivity contribution in [1.82, 2.24) is 10.2 Å². The van der Waals surface area contributed by atoms with Crippen LogP contribution in [0.1, 0.15) is 38.7 Å². The van der Waals surface area contributed by atoms with Crippen LogP contribution in [0.2, 0.25) is 0 Å². The Hall–Kier alpha value is -1.71. The predicted molar refractivity (Wildman–Crippen MR) is 86.8 cm³/mol. The van der Waals surface area contributed by atoms with Gasteiger partial charge >= 0.3 is 6.03 Å². The fraction of sp³-hybridized carbons (Fsp3) is 0.588. The van der Waals surface area contributed by atoms with Crippen LogP contribution in [-0.4, -0.2) is 37.2 Å². The molecule has 0 aliphatic rings. The lowest BCUT2D eigenvalue weighted by atomic mass is 10.2. The number of carbonyl (C=O) groups excluding carboxylic acids is 1. The third-order valence-corrected chi connectivity index (χ3v) is 3.16. The largest absolute Gasteiger partial charge is 0.494 e. The van der Waals surface area contributed by atoms with E-state index >= 15 is 0 Å². The third-order valence-electron chi connectivity index (χ3n) is 3.16. The van der Waals surface area contributed by atoms with Crippen molar-refractivity contribution in [2.45, 2.75) is 40.0 Å². The second-order valence-electron chi connectivity index (χ2n) is 5.23. The number of aryl methyl sites for hydroxylation is 1. The average molecular weight is 292 g/mol. The molecular formula is C17H28N2O2. The number of carbonyl (C=O) groups is 1. The summed E-state index contributed by atoms with van der Waals surface area (Å²) in [6.45, 7) is 9.13. The Bertz CT molecular complexity index is 398. The van der Waals surface area contributed by atoms with E-state index in [4.69, 9.17) is 4.74 Å². The summed E-state index contributed by atoms with van der Waals surface area (Å²) in [5.41, 5.74) is 1.22. The summed E-state index contributed by atoms with van der Waals surface area (Å²) in [6.07, 6.45) is 2.79. The van der Waals surface area contributed by atoms with E-state index in [0.717, 1.165) is 38.1 Å². The van der Waals surface area contributed by atoms with E-state index in [0.29, 0.717) is 13.2 Å². The molecule has 0 saturated heterocycles. The van der Waals surface area contributed by atoms with Crippen molar-refractivity contribution in [2.75, 3.05) is 26.2 Å². The Balaban J connectivity index is 2.17. The van der Waals surface area contributed by atoms with Crippen LogP contribution in [0.4, 0.5) is 4.79 Å². The van der Waals surface area contributed by atoms with E-state index in [9.17, 15) is 4.79 Å². The first-order chi connectivity index (χ1) is 10.2. The highest BCUT2D eigenvalue weighted by Crippen LogP contribution is 2.11. The second kappa shape index (κ2) is 10.1. The van der Waals surface area contributed by atoms with Crippen LogP contribution in [0, 0.1) is 6.92 Å². The highest BCUT2D eigenvalue weighted by molar-refractivity contribution is 5.74.